The Hall–Kier alpha value is -3.31. The first kappa shape index (κ1) is 19.5. The Morgan fingerprint density at radius 1 is 1.14 bits per heavy atom. The summed E-state index contributed by atoms with van der Waals surface area (Å²) in [4.78, 5) is 12.6. The molecule has 1 amide bonds. The molecule has 3 rings (SSSR count). The molecule has 8 heteroatoms. The van der Waals surface area contributed by atoms with Gasteiger partial charge < -0.3 is 14.5 Å². The van der Waals surface area contributed by atoms with Crippen LogP contribution in [0.5, 0.6) is 5.75 Å². The second-order valence-corrected chi connectivity index (χ2v) is 6.52. The van der Waals surface area contributed by atoms with Crippen LogP contribution in [0.4, 0.5) is 14.5 Å². The highest BCUT2D eigenvalue weighted by molar-refractivity contribution is 7.99. The number of rotatable bonds is 7. The predicted octanol–water partition coefficient (Wildman–Crippen LogP) is 5.30. The molecule has 0 saturated carbocycles. The first-order valence-corrected chi connectivity index (χ1v) is 9.00. The van der Waals surface area contributed by atoms with Crippen molar-refractivity contribution >= 4 is 23.4 Å². The summed E-state index contributed by atoms with van der Waals surface area (Å²) in [6, 6.07) is 18.1. The third kappa shape index (κ3) is 4.90. The van der Waals surface area contributed by atoms with E-state index in [1.807, 2.05) is 6.07 Å². The van der Waals surface area contributed by atoms with E-state index in [0.29, 0.717) is 28.8 Å². The number of anilines is 1. The van der Waals surface area contributed by atoms with Crippen LogP contribution in [0, 0.1) is 11.3 Å². The number of hydrogen-bond donors (Lipinski definition) is 1. The number of hydrogen-bond acceptors (Lipinski definition) is 5. The minimum absolute atomic E-state index is 0.0176. The molecule has 1 aromatic heterocycles. The number of carbonyl (C=O) groups excluding carboxylic acids is 1. The van der Waals surface area contributed by atoms with Gasteiger partial charge in [0.2, 0.25) is 0 Å². The Labute approximate surface area is 163 Å². The third-order valence-corrected chi connectivity index (χ3v) is 4.40. The number of ether oxygens (including phenoxy) is 1. The molecule has 0 saturated heterocycles. The molecular weight excluding hydrogens is 386 g/mol. The van der Waals surface area contributed by atoms with Crippen molar-refractivity contribution in [3.8, 4) is 11.8 Å². The Balaban J connectivity index is 1.66. The van der Waals surface area contributed by atoms with Gasteiger partial charge in [-0.3, -0.25) is 4.79 Å². The fourth-order valence-electron chi connectivity index (χ4n) is 2.36. The lowest BCUT2D eigenvalue weighted by atomic mass is 10.2. The monoisotopic (exact) mass is 400 g/mol. The van der Waals surface area contributed by atoms with Gasteiger partial charge >= 0.3 is 0 Å². The Kier molecular flexibility index (Phi) is 6.29. The van der Waals surface area contributed by atoms with Crippen LogP contribution in [0.3, 0.4) is 0 Å². The highest BCUT2D eigenvalue weighted by Crippen LogP contribution is 2.32. The molecule has 1 heterocycles. The summed E-state index contributed by atoms with van der Waals surface area (Å²) in [6.45, 7) is 0.0315. The van der Waals surface area contributed by atoms with Gasteiger partial charge in [0.15, 0.2) is 5.76 Å². The van der Waals surface area contributed by atoms with Gasteiger partial charge in [0.1, 0.15) is 24.2 Å². The molecule has 0 fully saturated rings. The van der Waals surface area contributed by atoms with E-state index < -0.39 is 11.7 Å². The largest absolute Gasteiger partial charge is 0.484 e. The van der Waals surface area contributed by atoms with E-state index in [1.165, 1.54) is 18.2 Å². The van der Waals surface area contributed by atoms with Crippen LogP contribution >= 0.6 is 11.8 Å². The normalized spacial score (nSPS) is 10.5. The fraction of sp³-hybridized carbons (Fsp3) is 0.100. The first-order valence-electron chi connectivity index (χ1n) is 8.12. The van der Waals surface area contributed by atoms with Crippen molar-refractivity contribution in [1.29, 1.82) is 5.26 Å². The summed E-state index contributed by atoms with van der Waals surface area (Å²) < 4.78 is 36.3. The Morgan fingerprint density at radius 3 is 2.68 bits per heavy atom. The summed E-state index contributed by atoms with van der Waals surface area (Å²) in [5.41, 5.74) is 0.662. The number of nitrogens with one attached hydrogen (secondary N) is 1. The molecule has 0 aliphatic rings. The number of carbonyl (C=O) groups is 1. The van der Waals surface area contributed by atoms with Crippen molar-refractivity contribution in [3.05, 3.63) is 77.7 Å². The van der Waals surface area contributed by atoms with Gasteiger partial charge in [-0.1, -0.05) is 36.0 Å². The summed E-state index contributed by atoms with van der Waals surface area (Å²) >= 11 is 0.352. The summed E-state index contributed by atoms with van der Waals surface area (Å²) in [5.74, 6) is -2.35. The minimum Gasteiger partial charge on any atom is -0.484 e. The molecule has 0 atom stereocenters. The second-order valence-electron chi connectivity index (χ2n) is 5.49. The van der Waals surface area contributed by atoms with Gasteiger partial charge in [-0.05, 0) is 36.4 Å². The lowest BCUT2D eigenvalue weighted by Gasteiger charge is -2.09. The quantitative estimate of drug-likeness (QED) is 0.545. The maximum Gasteiger partial charge on any atom is 0.291 e. The molecular formula is C20H14F2N2O3S. The van der Waals surface area contributed by atoms with Gasteiger partial charge in [-0.15, -0.1) is 0 Å². The zero-order chi connectivity index (χ0) is 19.9. The van der Waals surface area contributed by atoms with Crippen molar-refractivity contribution in [2.75, 3.05) is 5.32 Å². The van der Waals surface area contributed by atoms with Crippen molar-refractivity contribution in [1.82, 2.24) is 0 Å². The molecule has 2 aromatic carbocycles. The zero-order valence-corrected chi connectivity index (χ0v) is 15.2. The standard InChI is InChI=1S/C20H14F2N2O3S/c21-20(22)28-18-8-4-2-6-15(18)24-19(25)17-10-9-14(27-17)12-26-16-7-3-1-5-13(16)11-23/h1-10,20H,12H2,(H,24,25). The molecule has 0 aliphatic carbocycles. The van der Waals surface area contributed by atoms with E-state index in [0.717, 1.165) is 0 Å². The smallest absolute Gasteiger partial charge is 0.291 e. The van der Waals surface area contributed by atoms with Crippen LogP contribution in [0.1, 0.15) is 21.9 Å². The van der Waals surface area contributed by atoms with Gasteiger partial charge in [0.25, 0.3) is 11.7 Å². The van der Waals surface area contributed by atoms with Crippen molar-refractivity contribution in [2.24, 2.45) is 0 Å². The molecule has 142 valence electrons. The average Bonchev–Trinajstić information content (AvgIpc) is 3.17. The third-order valence-electron chi connectivity index (χ3n) is 3.61. The number of para-hydroxylation sites is 2. The molecule has 0 spiro atoms. The van der Waals surface area contributed by atoms with Gasteiger partial charge in [0.05, 0.1) is 11.3 Å². The van der Waals surface area contributed by atoms with Crippen LogP contribution in [0.15, 0.2) is 70.0 Å². The molecule has 1 N–H and O–H groups in total. The molecule has 0 aliphatic heterocycles. The van der Waals surface area contributed by atoms with Crippen LogP contribution in [0.2, 0.25) is 0 Å². The van der Waals surface area contributed by atoms with Crippen LogP contribution in [0.25, 0.3) is 0 Å². The van der Waals surface area contributed by atoms with Crippen LogP contribution in [-0.4, -0.2) is 11.7 Å². The highest BCUT2D eigenvalue weighted by Gasteiger charge is 2.16. The first-order chi connectivity index (χ1) is 13.6. The van der Waals surface area contributed by atoms with Gasteiger partial charge in [-0.25, -0.2) is 0 Å². The number of thioether (sulfide) groups is 1. The second kappa shape index (κ2) is 9.06. The number of halogens is 2. The number of furan rings is 1. The summed E-state index contributed by atoms with van der Waals surface area (Å²) in [5, 5.41) is 11.6. The van der Waals surface area contributed by atoms with Crippen LogP contribution in [-0.2, 0) is 6.61 Å². The topological polar surface area (TPSA) is 75.3 Å². The Bertz CT molecular complexity index is 1010. The zero-order valence-electron chi connectivity index (χ0n) is 14.4. The molecule has 5 nitrogen and oxygen atoms in total. The van der Waals surface area contributed by atoms with E-state index in [9.17, 15) is 13.6 Å². The molecule has 0 bridgehead atoms. The van der Waals surface area contributed by atoms with Gasteiger partial charge in [-0.2, -0.15) is 14.0 Å². The number of benzene rings is 2. The number of nitriles is 1. The lowest BCUT2D eigenvalue weighted by molar-refractivity contribution is 0.0992. The van der Waals surface area contributed by atoms with Crippen molar-refractivity contribution < 1.29 is 22.7 Å². The number of amides is 1. The Morgan fingerprint density at radius 2 is 1.89 bits per heavy atom. The van der Waals surface area contributed by atoms with E-state index in [-0.39, 0.29) is 22.9 Å². The highest BCUT2D eigenvalue weighted by atomic mass is 32.2. The van der Waals surface area contributed by atoms with E-state index in [4.69, 9.17) is 14.4 Å². The molecule has 0 unspecified atom stereocenters. The SMILES string of the molecule is N#Cc1ccccc1OCc1ccc(C(=O)Nc2ccccc2SC(F)F)o1. The summed E-state index contributed by atoms with van der Waals surface area (Å²) in [7, 11) is 0. The van der Waals surface area contributed by atoms with Gasteiger partial charge in [0, 0.05) is 4.90 Å². The summed E-state index contributed by atoms with van der Waals surface area (Å²) in [6.07, 6.45) is 0. The molecule has 3 aromatic rings. The van der Waals surface area contributed by atoms with E-state index in [1.54, 1.807) is 42.5 Å². The molecule has 0 radical (unpaired) electrons. The van der Waals surface area contributed by atoms with E-state index >= 15 is 0 Å². The van der Waals surface area contributed by atoms with E-state index in [2.05, 4.69) is 5.32 Å². The van der Waals surface area contributed by atoms with Crippen molar-refractivity contribution in [2.45, 2.75) is 17.3 Å². The fourth-order valence-corrected chi connectivity index (χ4v) is 2.96. The maximum absolute atomic E-state index is 12.6. The predicted molar refractivity (Wildman–Crippen MR) is 100 cm³/mol. The minimum atomic E-state index is -2.60. The van der Waals surface area contributed by atoms with Crippen LogP contribution < -0.4 is 10.1 Å². The number of nitrogens with zero attached hydrogens (tertiary/aromatic N) is 1. The number of alkyl halides is 2. The molecule has 28 heavy (non-hydrogen) atoms. The lowest BCUT2D eigenvalue weighted by Crippen LogP contribution is -2.11. The van der Waals surface area contributed by atoms with Crippen molar-refractivity contribution in [3.63, 3.8) is 0 Å². The maximum atomic E-state index is 12.6. The average molecular weight is 400 g/mol.